The second kappa shape index (κ2) is 6.84. The van der Waals surface area contributed by atoms with Crippen molar-refractivity contribution in [2.24, 2.45) is 5.10 Å². The summed E-state index contributed by atoms with van der Waals surface area (Å²) in [4.78, 5) is 8.88. The van der Waals surface area contributed by atoms with E-state index in [2.05, 4.69) is 56.8 Å². The van der Waals surface area contributed by atoms with Crippen LogP contribution in [0, 0.1) is 27.7 Å². The second-order valence-corrected chi connectivity index (χ2v) is 6.17. The van der Waals surface area contributed by atoms with Crippen LogP contribution in [0.4, 0.5) is 5.82 Å². The van der Waals surface area contributed by atoms with Crippen LogP contribution in [0.3, 0.4) is 0 Å². The standard InChI is InChI=1S/C19H22N6/c1-12-6-8-17(9-7-12)15(4)22-23-18-11-19(21-16(5)20-18)25-14(3)10-13(2)24-25/h6-11H,1-5H3,(H,20,21,23). The fourth-order valence-electron chi connectivity index (χ4n) is 2.58. The van der Waals surface area contributed by atoms with Crippen LogP contribution in [-0.4, -0.2) is 25.5 Å². The van der Waals surface area contributed by atoms with Gasteiger partial charge in [0.15, 0.2) is 11.6 Å². The van der Waals surface area contributed by atoms with Crippen LogP contribution in [-0.2, 0) is 0 Å². The molecule has 2 heterocycles. The van der Waals surface area contributed by atoms with Crippen molar-refractivity contribution < 1.29 is 0 Å². The molecule has 0 saturated heterocycles. The van der Waals surface area contributed by atoms with Gasteiger partial charge < -0.3 is 0 Å². The molecular weight excluding hydrogens is 312 g/mol. The van der Waals surface area contributed by atoms with E-state index in [1.807, 2.05) is 44.5 Å². The van der Waals surface area contributed by atoms with Gasteiger partial charge in [0.1, 0.15) is 5.82 Å². The summed E-state index contributed by atoms with van der Waals surface area (Å²) >= 11 is 0. The monoisotopic (exact) mass is 334 g/mol. The lowest BCUT2D eigenvalue weighted by molar-refractivity contribution is 0.793. The van der Waals surface area contributed by atoms with Crippen molar-refractivity contribution in [3.8, 4) is 5.82 Å². The molecule has 3 aromatic rings. The van der Waals surface area contributed by atoms with Gasteiger partial charge in [-0.15, -0.1) is 0 Å². The number of hydrogen-bond donors (Lipinski definition) is 1. The van der Waals surface area contributed by atoms with E-state index in [1.165, 1.54) is 5.56 Å². The van der Waals surface area contributed by atoms with Crippen LogP contribution >= 0.6 is 0 Å². The third kappa shape index (κ3) is 3.91. The summed E-state index contributed by atoms with van der Waals surface area (Å²) < 4.78 is 1.81. The Kier molecular flexibility index (Phi) is 4.61. The minimum absolute atomic E-state index is 0.640. The molecule has 6 nitrogen and oxygen atoms in total. The molecular formula is C19H22N6. The molecule has 3 rings (SSSR count). The molecule has 0 amide bonds. The number of nitrogens with one attached hydrogen (secondary N) is 1. The van der Waals surface area contributed by atoms with Crippen molar-refractivity contribution in [2.75, 3.05) is 5.43 Å². The van der Waals surface area contributed by atoms with E-state index in [0.29, 0.717) is 11.6 Å². The molecule has 0 radical (unpaired) electrons. The van der Waals surface area contributed by atoms with Crippen LogP contribution in [0.2, 0.25) is 0 Å². The van der Waals surface area contributed by atoms with Crippen LogP contribution in [0.5, 0.6) is 0 Å². The van der Waals surface area contributed by atoms with Gasteiger partial charge in [-0.2, -0.15) is 10.2 Å². The molecule has 0 atom stereocenters. The number of aryl methyl sites for hydroxylation is 4. The van der Waals surface area contributed by atoms with E-state index >= 15 is 0 Å². The van der Waals surface area contributed by atoms with Crippen LogP contribution in [0.25, 0.3) is 5.82 Å². The zero-order valence-corrected chi connectivity index (χ0v) is 15.2. The maximum Gasteiger partial charge on any atom is 0.159 e. The summed E-state index contributed by atoms with van der Waals surface area (Å²) in [6.45, 7) is 9.86. The Morgan fingerprint density at radius 1 is 1.00 bits per heavy atom. The molecule has 128 valence electrons. The molecule has 0 aliphatic rings. The van der Waals surface area contributed by atoms with E-state index in [1.54, 1.807) is 0 Å². The number of rotatable bonds is 4. The van der Waals surface area contributed by atoms with Crippen LogP contribution in [0.15, 0.2) is 41.5 Å². The van der Waals surface area contributed by atoms with Gasteiger partial charge >= 0.3 is 0 Å². The van der Waals surface area contributed by atoms with Crippen LogP contribution < -0.4 is 5.43 Å². The lowest BCUT2D eigenvalue weighted by atomic mass is 10.1. The van der Waals surface area contributed by atoms with Crippen LogP contribution in [0.1, 0.15) is 35.3 Å². The largest absolute Gasteiger partial charge is 0.261 e. The zero-order chi connectivity index (χ0) is 18.0. The second-order valence-electron chi connectivity index (χ2n) is 6.17. The number of hydrazone groups is 1. The highest BCUT2D eigenvalue weighted by Gasteiger charge is 2.08. The maximum absolute atomic E-state index is 4.48. The van der Waals surface area contributed by atoms with Gasteiger partial charge in [-0.05, 0) is 46.2 Å². The summed E-state index contributed by atoms with van der Waals surface area (Å²) in [5.74, 6) is 2.03. The highest BCUT2D eigenvalue weighted by Crippen LogP contribution is 2.14. The molecule has 0 saturated carbocycles. The van der Waals surface area contributed by atoms with Gasteiger partial charge in [0.2, 0.25) is 0 Å². The Morgan fingerprint density at radius 2 is 1.72 bits per heavy atom. The van der Waals surface area contributed by atoms with Gasteiger partial charge in [0.25, 0.3) is 0 Å². The minimum Gasteiger partial charge on any atom is -0.261 e. The highest BCUT2D eigenvalue weighted by molar-refractivity contribution is 5.99. The van der Waals surface area contributed by atoms with E-state index < -0.39 is 0 Å². The smallest absolute Gasteiger partial charge is 0.159 e. The van der Waals surface area contributed by atoms with E-state index in [9.17, 15) is 0 Å². The Bertz CT molecular complexity index is 922. The zero-order valence-electron chi connectivity index (χ0n) is 15.2. The van der Waals surface area contributed by atoms with Gasteiger partial charge in [-0.3, -0.25) is 5.43 Å². The average Bonchev–Trinajstić information content (AvgIpc) is 2.91. The Morgan fingerprint density at radius 3 is 2.36 bits per heavy atom. The normalized spacial score (nSPS) is 11.6. The van der Waals surface area contributed by atoms with E-state index in [-0.39, 0.29) is 0 Å². The van der Waals surface area contributed by atoms with Crippen molar-refractivity contribution in [1.82, 2.24) is 19.7 Å². The van der Waals surface area contributed by atoms with E-state index in [0.717, 1.165) is 28.5 Å². The van der Waals surface area contributed by atoms with Crippen molar-refractivity contribution >= 4 is 11.5 Å². The molecule has 6 heteroatoms. The van der Waals surface area contributed by atoms with Crippen molar-refractivity contribution in [1.29, 1.82) is 0 Å². The Labute approximate surface area is 147 Å². The number of benzene rings is 1. The fourth-order valence-corrected chi connectivity index (χ4v) is 2.58. The van der Waals surface area contributed by atoms with Gasteiger partial charge in [-0.25, -0.2) is 14.6 Å². The first kappa shape index (κ1) is 16.8. The quantitative estimate of drug-likeness (QED) is 0.583. The predicted molar refractivity (Wildman–Crippen MR) is 100 cm³/mol. The number of hydrogen-bond acceptors (Lipinski definition) is 5. The van der Waals surface area contributed by atoms with E-state index in [4.69, 9.17) is 0 Å². The SMILES string of the molecule is CC(=NNc1cc(-n2nc(C)cc2C)nc(C)n1)c1ccc(C)cc1. The molecule has 2 aromatic heterocycles. The lowest BCUT2D eigenvalue weighted by Crippen LogP contribution is -2.07. The first-order valence-corrected chi connectivity index (χ1v) is 8.19. The van der Waals surface area contributed by atoms with Gasteiger partial charge in [0.05, 0.1) is 11.4 Å². The molecule has 0 fully saturated rings. The highest BCUT2D eigenvalue weighted by atomic mass is 15.3. The number of aromatic nitrogens is 4. The molecule has 0 unspecified atom stereocenters. The Hall–Kier alpha value is -3.02. The number of nitrogens with zero attached hydrogens (tertiary/aromatic N) is 5. The Balaban J connectivity index is 1.87. The molecule has 1 aromatic carbocycles. The first-order chi connectivity index (χ1) is 11.9. The predicted octanol–water partition coefficient (Wildman–Crippen LogP) is 3.73. The summed E-state index contributed by atoms with van der Waals surface area (Å²) in [6.07, 6.45) is 0. The summed E-state index contributed by atoms with van der Waals surface area (Å²) in [7, 11) is 0. The summed E-state index contributed by atoms with van der Waals surface area (Å²) in [5, 5.41) is 8.92. The molecule has 0 aliphatic carbocycles. The van der Waals surface area contributed by atoms with Crippen molar-refractivity contribution in [3.05, 3.63) is 64.7 Å². The minimum atomic E-state index is 0.640. The van der Waals surface area contributed by atoms with Gasteiger partial charge in [-0.1, -0.05) is 29.8 Å². The summed E-state index contributed by atoms with van der Waals surface area (Å²) in [6, 6.07) is 12.1. The topological polar surface area (TPSA) is 68.0 Å². The molecule has 25 heavy (non-hydrogen) atoms. The maximum atomic E-state index is 4.48. The molecule has 0 spiro atoms. The van der Waals surface area contributed by atoms with Crippen molar-refractivity contribution in [2.45, 2.75) is 34.6 Å². The summed E-state index contributed by atoms with van der Waals surface area (Å²) in [5.41, 5.74) is 8.21. The first-order valence-electron chi connectivity index (χ1n) is 8.19. The lowest BCUT2D eigenvalue weighted by Gasteiger charge is -2.08. The third-order valence-electron chi connectivity index (χ3n) is 3.86. The molecule has 1 N–H and O–H groups in total. The molecule has 0 aliphatic heterocycles. The molecule has 0 bridgehead atoms. The fraction of sp³-hybridized carbons (Fsp3) is 0.263. The number of anilines is 1. The van der Waals surface area contributed by atoms with Gasteiger partial charge in [0, 0.05) is 11.8 Å². The third-order valence-corrected chi connectivity index (χ3v) is 3.86. The average molecular weight is 334 g/mol. The van der Waals surface area contributed by atoms with Crippen molar-refractivity contribution in [3.63, 3.8) is 0 Å².